The number of aromatic nitrogens is 4. The van der Waals surface area contributed by atoms with Crippen LogP contribution in [0.4, 0.5) is 0 Å². The van der Waals surface area contributed by atoms with E-state index in [0.29, 0.717) is 24.6 Å². The van der Waals surface area contributed by atoms with Crippen LogP contribution in [0.2, 0.25) is 0 Å². The predicted octanol–water partition coefficient (Wildman–Crippen LogP) is 3.09. The van der Waals surface area contributed by atoms with Crippen molar-refractivity contribution in [3.63, 3.8) is 0 Å². The average molecular weight is 428 g/mol. The molecule has 3 aromatic rings. The van der Waals surface area contributed by atoms with Gasteiger partial charge in [0.05, 0.1) is 35.4 Å². The van der Waals surface area contributed by atoms with E-state index < -0.39 is 0 Å². The van der Waals surface area contributed by atoms with Gasteiger partial charge in [0.1, 0.15) is 12.1 Å². The van der Waals surface area contributed by atoms with E-state index in [1.807, 2.05) is 12.3 Å². The third-order valence-electron chi connectivity index (χ3n) is 5.18. The molecule has 3 heterocycles. The maximum absolute atomic E-state index is 13.0. The normalized spacial score (nSPS) is 19.0. The van der Waals surface area contributed by atoms with Crippen LogP contribution in [0.5, 0.6) is 0 Å². The Morgan fingerprint density at radius 1 is 1.23 bits per heavy atom. The van der Waals surface area contributed by atoms with Crippen LogP contribution in [-0.4, -0.2) is 57.9 Å². The van der Waals surface area contributed by atoms with E-state index in [4.69, 9.17) is 9.47 Å². The van der Waals surface area contributed by atoms with E-state index in [9.17, 15) is 4.79 Å². The number of carbonyl (C=O) groups excluding carboxylic acids is 1. The zero-order chi connectivity index (χ0) is 20.8. The van der Waals surface area contributed by atoms with E-state index in [1.54, 1.807) is 42.0 Å². The zero-order valence-electron chi connectivity index (χ0n) is 16.9. The van der Waals surface area contributed by atoms with Gasteiger partial charge in [0.2, 0.25) is 0 Å². The number of imidazole rings is 1. The number of hydrogen-bond donors (Lipinski definition) is 1. The molecule has 0 bridgehead atoms. The summed E-state index contributed by atoms with van der Waals surface area (Å²) in [5.41, 5.74) is 3.06. The van der Waals surface area contributed by atoms with E-state index in [1.165, 1.54) is 11.3 Å². The molecule has 4 rings (SSSR count). The Morgan fingerprint density at radius 2 is 2.10 bits per heavy atom. The van der Waals surface area contributed by atoms with Crippen molar-refractivity contribution in [2.24, 2.45) is 0 Å². The molecule has 1 aliphatic rings. The summed E-state index contributed by atoms with van der Waals surface area (Å²) in [4.78, 5) is 26.8. The number of rotatable bonds is 8. The van der Waals surface area contributed by atoms with Gasteiger partial charge >= 0.3 is 0 Å². The maximum atomic E-state index is 13.0. The van der Waals surface area contributed by atoms with Crippen molar-refractivity contribution >= 4 is 17.2 Å². The number of pyridine rings is 1. The summed E-state index contributed by atoms with van der Waals surface area (Å²) in [5.74, 6) is 0.562. The molecule has 0 unspecified atom stereocenters. The van der Waals surface area contributed by atoms with Crippen molar-refractivity contribution < 1.29 is 14.3 Å². The maximum Gasteiger partial charge on any atom is 0.251 e. The van der Waals surface area contributed by atoms with Gasteiger partial charge in [0.25, 0.3) is 5.91 Å². The topological polar surface area (TPSA) is 91.2 Å². The Morgan fingerprint density at radius 3 is 2.80 bits per heavy atom. The number of hydrogen-bond acceptors (Lipinski definition) is 7. The minimum Gasteiger partial charge on any atom is -0.382 e. The number of ether oxygens (including phenoxy) is 2. The standard InChI is InChI=1S/C21H25N5O3S/c1-28-8-9-29-17-4-2-16(3-5-17)24-21(27)15-10-18(19-12-23-14-30-19)25-20(11-15)26-7-6-22-13-26/h6-7,10-14,16-17H,2-5,8-9H2,1H3,(H,24,27). The molecule has 30 heavy (non-hydrogen) atoms. The molecular weight excluding hydrogens is 402 g/mol. The lowest BCUT2D eigenvalue weighted by Gasteiger charge is -2.29. The van der Waals surface area contributed by atoms with Crippen molar-refractivity contribution in [2.75, 3.05) is 20.3 Å². The van der Waals surface area contributed by atoms with Crippen LogP contribution in [-0.2, 0) is 9.47 Å². The van der Waals surface area contributed by atoms with Crippen LogP contribution in [0.1, 0.15) is 36.0 Å². The van der Waals surface area contributed by atoms with Gasteiger partial charge in [0.15, 0.2) is 0 Å². The molecule has 0 aliphatic heterocycles. The van der Waals surface area contributed by atoms with Crippen LogP contribution in [0.15, 0.2) is 42.6 Å². The van der Waals surface area contributed by atoms with E-state index in [-0.39, 0.29) is 18.1 Å². The lowest BCUT2D eigenvalue weighted by molar-refractivity contribution is -0.00408. The average Bonchev–Trinajstić information content (AvgIpc) is 3.49. The quantitative estimate of drug-likeness (QED) is 0.556. The van der Waals surface area contributed by atoms with E-state index >= 15 is 0 Å². The first kappa shape index (κ1) is 20.6. The first-order valence-corrected chi connectivity index (χ1v) is 10.9. The fourth-order valence-corrected chi connectivity index (χ4v) is 4.17. The third kappa shape index (κ3) is 5.10. The molecule has 0 atom stereocenters. The summed E-state index contributed by atoms with van der Waals surface area (Å²) in [5, 5.41) is 3.18. The van der Waals surface area contributed by atoms with Gasteiger partial charge in [-0.1, -0.05) is 0 Å². The summed E-state index contributed by atoms with van der Waals surface area (Å²) in [6.45, 7) is 1.23. The SMILES string of the molecule is COCCOC1CCC(NC(=O)c2cc(-c3cncs3)nc(-n3ccnc3)c2)CC1. The summed E-state index contributed by atoms with van der Waals surface area (Å²) in [7, 11) is 1.67. The van der Waals surface area contributed by atoms with Crippen LogP contribution in [0.3, 0.4) is 0 Å². The van der Waals surface area contributed by atoms with E-state index in [0.717, 1.165) is 36.3 Å². The summed E-state index contributed by atoms with van der Waals surface area (Å²) >= 11 is 1.49. The van der Waals surface area contributed by atoms with Crippen LogP contribution < -0.4 is 5.32 Å². The molecule has 1 amide bonds. The second-order valence-electron chi connectivity index (χ2n) is 7.25. The molecule has 8 nitrogen and oxygen atoms in total. The molecule has 1 N–H and O–H groups in total. The molecule has 0 spiro atoms. The Bertz CT molecular complexity index is 885. The predicted molar refractivity (Wildman–Crippen MR) is 114 cm³/mol. The first-order valence-electron chi connectivity index (χ1n) is 10.0. The highest BCUT2D eigenvalue weighted by Crippen LogP contribution is 2.25. The van der Waals surface area contributed by atoms with Crippen molar-refractivity contribution in [3.8, 4) is 16.4 Å². The minimum absolute atomic E-state index is 0.0896. The van der Waals surface area contributed by atoms with Gasteiger partial charge in [-0.25, -0.2) is 9.97 Å². The second-order valence-corrected chi connectivity index (χ2v) is 8.13. The number of amides is 1. The number of nitrogens with one attached hydrogen (secondary N) is 1. The monoisotopic (exact) mass is 427 g/mol. The Balaban J connectivity index is 1.45. The van der Waals surface area contributed by atoms with Gasteiger partial charge in [-0.05, 0) is 37.8 Å². The number of methoxy groups -OCH3 is 1. The van der Waals surface area contributed by atoms with Gasteiger partial charge in [-0.3, -0.25) is 14.3 Å². The molecule has 158 valence electrons. The molecule has 1 saturated carbocycles. The van der Waals surface area contributed by atoms with Crippen LogP contribution in [0.25, 0.3) is 16.4 Å². The second kappa shape index (κ2) is 9.92. The molecule has 0 aromatic carbocycles. The zero-order valence-corrected chi connectivity index (χ0v) is 17.7. The Labute approximate surface area is 179 Å². The number of carbonyl (C=O) groups is 1. The molecular formula is C21H25N5O3S. The van der Waals surface area contributed by atoms with Gasteiger partial charge < -0.3 is 14.8 Å². The van der Waals surface area contributed by atoms with Gasteiger partial charge in [-0.2, -0.15) is 0 Å². The summed E-state index contributed by atoms with van der Waals surface area (Å²) in [6, 6.07) is 3.76. The number of thiazole rings is 1. The minimum atomic E-state index is -0.0896. The van der Waals surface area contributed by atoms with Crippen molar-refractivity contribution in [3.05, 3.63) is 48.1 Å². The summed E-state index contributed by atoms with van der Waals surface area (Å²) in [6.07, 6.45) is 10.9. The summed E-state index contributed by atoms with van der Waals surface area (Å²) < 4.78 is 12.6. The molecule has 0 radical (unpaired) electrons. The molecule has 0 saturated heterocycles. The molecule has 9 heteroatoms. The molecule has 1 aliphatic carbocycles. The van der Waals surface area contributed by atoms with Crippen molar-refractivity contribution in [1.82, 2.24) is 24.8 Å². The third-order valence-corrected chi connectivity index (χ3v) is 5.97. The molecule has 1 fully saturated rings. The fraction of sp³-hybridized carbons (Fsp3) is 0.429. The van der Waals surface area contributed by atoms with Crippen molar-refractivity contribution in [2.45, 2.75) is 37.8 Å². The first-order chi connectivity index (χ1) is 14.7. The number of nitrogens with zero attached hydrogens (tertiary/aromatic N) is 4. The largest absolute Gasteiger partial charge is 0.382 e. The van der Waals surface area contributed by atoms with Crippen molar-refractivity contribution in [1.29, 1.82) is 0 Å². The van der Waals surface area contributed by atoms with Crippen LogP contribution in [0, 0.1) is 0 Å². The highest BCUT2D eigenvalue weighted by molar-refractivity contribution is 7.13. The molecule has 3 aromatic heterocycles. The van der Waals surface area contributed by atoms with E-state index in [2.05, 4.69) is 20.3 Å². The smallest absolute Gasteiger partial charge is 0.251 e. The van der Waals surface area contributed by atoms with Crippen LogP contribution >= 0.6 is 11.3 Å². The van der Waals surface area contributed by atoms with Gasteiger partial charge in [-0.15, -0.1) is 11.3 Å². The lowest BCUT2D eigenvalue weighted by atomic mass is 9.92. The highest BCUT2D eigenvalue weighted by Gasteiger charge is 2.24. The highest BCUT2D eigenvalue weighted by atomic mass is 32.1. The Kier molecular flexibility index (Phi) is 6.83. The fourth-order valence-electron chi connectivity index (χ4n) is 3.58. The van der Waals surface area contributed by atoms with Gasteiger partial charge in [0, 0.05) is 37.3 Å². The Hall–Kier alpha value is -2.62. The lowest BCUT2D eigenvalue weighted by Crippen LogP contribution is -2.39.